The van der Waals surface area contributed by atoms with Gasteiger partial charge in [-0.05, 0) is 6.42 Å². The summed E-state index contributed by atoms with van der Waals surface area (Å²) in [5.41, 5.74) is 7.31. The van der Waals surface area contributed by atoms with Crippen molar-refractivity contribution >= 4 is 11.2 Å². The molecular weight excluding hydrogens is 190 g/mol. The average molecular weight is 205 g/mol. The maximum absolute atomic E-state index is 5.72. The van der Waals surface area contributed by atoms with Crippen LogP contribution in [0.2, 0.25) is 0 Å². The zero-order chi connectivity index (χ0) is 10.7. The Morgan fingerprint density at radius 3 is 3.07 bits per heavy atom. The van der Waals surface area contributed by atoms with Crippen molar-refractivity contribution < 1.29 is 0 Å². The van der Waals surface area contributed by atoms with Crippen molar-refractivity contribution in [2.75, 3.05) is 6.54 Å². The van der Waals surface area contributed by atoms with E-state index in [2.05, 4.69) is 26.9 Å². The second-order valence-electron chi connectivity index (χ2n) is 3.60. The highest BCUT2D eigenvalue weighted by Gasteiger charge is 2.13. The number of nitrogens with zero attached hydrogens (tertiary/aromatic N) is 3. The van der Waals surface area contributed by atoms with E-state index in [1.807, 2.05) is 0 Å². The summed E-state index contributed by atoms with van der Waals surface area (Å²) < 4.78 is 0. The zero-order valence-corrected chi connectivity index (χ0v) is 8.77. The maximum atomic E-state index is 5.72. The van der Waals surface area contributed by atoms with Crippen LogP contribution >= 0.6 is 0 Å². The quantitative estimate of drug-likeness (QED) is 0.785. The Hall–Kier alpha value is -1.49. The van der Waals surface area contributed by atoms with Gasteiger partial charge in [0.2, 0.25) is 0 Å². The van der Waals surface area contributed by atoms with E-state index in [9.17, 15) is 0 Å². The van der Waals surface area contributed by atoms with E-state index in [0.717, 1.165) is 29.8 Å². The summed E-state index contributed by atoms with van der Waals surface area (Å²) in [5.74, 6) is 1.22. The molecule has 5 nitrogen and oxygen atoms in total. The van der Waals surface area contributed by atoms with E-state index in [1.165, 1.54) is 6.33 Å². The van der Waals surface area contributed by atoms with Crippen molar-refractivity contribution in [3.8, 4) is 0 Å². The molecule has 80 valence electrons. The highest BCUT2D eigenvalue weighted by Crippen LogP contribution is 2.19. The van der Waals surface area contributed by atoms with Gasteiger partial charge in [-0.3, -0.25) is 0 Å². The standard InChI is InChI=1S/C10H15N5/c1-2-3-7(4-11)9-14-8-5-12-6-13-10(8)15-9/h5-7H,2-4,11H2,1H3,(H,12,13,14,15). The average Bonchev–Trinajstić information content (AvgIpc) is 2.69. The van der Waals surface area contributed by atoms with Crippen molar-refractivity contribution in [1.29, 1.82) is 0 Å². The number of rotatable bonds is 4. The van der Waals surface area contributed by atoms with Crippen LogP contribution in [0.4, 0.5) is 0 Å². The van der Waals surface area contributed by atoms with Gasteiger partial charge in [0.25, 0.3) is 0 Å². The minimum Gasteiger partial charge on any atom is -0.339 e. The van der Waals surface area contributed by atoms with Crippen molar-refractivity contribution in [2.24, 2.45) is 5.73 Å². The fraction of sp³-hybridized carbons (Fsp3) is 0.500. The molecule has 2 aromatic rings. The Kier molecular flexibility index (Phi) is 2.91. The first-order valence-electron chi connectivity index (χ1n) is 5.20. The highest BCUT2D eigenvalue weighted by molar-refractivity contribution is 5.68. The van der Waals surface area contributed by atoms with Crippen LogP contribution in [0.15, 0.2) is 12.5 Å². The largest absolute Gasteiger partial charge is 0.339 e. The van der Waals surface area contributed by atoms with Gasteiger partial charge in [-0.2, -0.15) is 0 Å². The molecule has 0 aromatic carbocycles. The molecule has 2 heterocycles. The van der Waals surface area contributed by atoms with Gasteiger partial charge < -0.3 is 10.7 Å². The van der Waals surface area contributed by atoms with Crippen LogP contribution in [0, 0.1) is 0 Å². The molecule has 15 heavy (non-hydrogen) atoms. The molecule has 2 aromatic heterocycles. The van der Waals surface area contributed by atoms with Crippen LogP contribution in [-0.4, -0.2) is 26.5 Å². The molecular formula is C10H15N5. The van der Waals surface area contributed by atoms with Gasteiger partial charge in [-0.1, -0.05) is 13.3 Å². The lowest BCUT2D eigenvalue weighted by molar-refractivity contribution is 0.596. The topological polar surface area (TPSA) is 80.5 Å². The van der Waals surface area contributed by atoms with Crippen LogP contribution in [0.1, 0.15) is 31.5 Å². The van der Waals surface area contributed by atoms with E-state index in [0.29, 0.717) is 12.5 Å². The lowest BCUT2D eigenvalue weighted by atomic mass is 10.0. The second kappa shape index (κ2) is 4.35. The predicted octanol–water partition coefficient (Wildman–Crippen LogP) is 1.20. The third-order valence-corrected chi connectivity index (χ3v) is 2.49. The lowest BCUT2D eigenvalue weighted by Gasteiger charge is -2.09. The number of H-pyrrole nitrogens is 1. The first-order valence-corrected chi connectivity index (χ1v) is 5.20. The van der Waals surface area contributed by atoms with Crippen molar-refractivity contribution in [1.82, 2.24) is 19.9 Å². The molecule has 2 rings (SSSR count). The molecule has 0 saturated carbocycles. The zero-order valence-electron chi connectivity index (χ0n) is 8.77. The summed E-state index contributed by atoms with van der Waals surface area (Å²) in [4.78, 5) is 15.7. The first kappa shape index (κ1) is 10.0. The fourth-order valence-corrected chi connectivity index (χ4v) is 1.69. The molecule has 0 aliphatic carbocycles. The monoisotopic (exact) mass is 205 g/mol. The Morgan fingerprint density at radius 2 is 2.40 bits per heavy atom. The van der Waals surface area contributed by atoms with Gasteiger partial charge >= 0.3 is 0 Å². The molecule has 5 heteroatoms. The molecule has 0 fully saturated rings. The Balaban J connectivity index is 2.34. The molecule has 0 spiro atoms. The molecule has 0 bridgehead atoms. The number of hydrogen-bond acceptors (Lipinski definition) is 4. The van der Waals surface area contributed by atoms with Crippen molar-refractivity contribution in [2.45, 2.75) is 25.7 Å². The summed E-state index contributed by atoms with van der Waals surface area (Å²) in [7, 11) is 0. The number of hydrogen-bond donors (Lipinski definition) is 2. The second-order valence-corrected chi connectivity index (χ2v) is 3.60. The Labute approximate surface area is 88.1 Å². The molecule has 3 N–H and O–H groups in total. The van der Waals surface area contributed by atoms with E-state index >= 15 is 0 Å². The van der Waals surface area contributed by atoms with E-state index in [4.69, 9.17) is 5.73 Å². The minimum absolute atomic E-state index is 0.296. The van der Waals surface area contributed by atoms with Gasteiger partial charge in [0.1, 0.15) is 17.7 Å². The van der Waals surface area contributed by atoms with Crippen molar-refractivity contribution in [3.63, 3.8) is 0 Å². The van der Waals surface area contributed by atoms with E-state index < -0.39 is 0 Å². The van der Waals surface area contributed by atoms with Gasteiger partial charge in [0, 0.05) is 12.5 Å². The summed E-state index contributed by atoms with van der Waals surface area (Å²) in [5, 5.41) is 0. The van der Waals surface area contributed by atoms with Crippen LogP contribution in [0.5, 0.6) is 0 Å². The first-order chi connectivity index (χ1) is 7.35. The van der Waals surface area contributed by atoms with Crippen LogP contribution in [0.3, 0.4) is 0 Å². The molecule has 0 saturated heterocycles. The van der Waals surface area contributed by atoms with Crippen LogP contribution < -0.4 is 5.73 Å². The predicted molar refractivity (Wildman–Crippen MR) is 58.4 cm³/mol. The molecule has 0 aliphatic heterocycles. The van der Waals surface area contributed by atoms with E-state index in [-0.39, 0.29) is 0 Å². The summed E-state index contributed by atoms with van der Waals surface area (Å²) in [6, 6.07) is 0. The maximum Gasteiger partial charge on any atom is 0.180 e. The number of fused-ring (bicyclic) bond motifs is 1. The minimum atomic E-state index is 0.296. The van der Waals surface area contributed by atoms with Gasteiger partial charge in [-0.25, -0.2) is 15.0 Å². The summed E-state index contributed by atoms with van der Waals surface area (Å²) in [6.07, 6.45) is 5.39. The van der Waals surface area contributed by atoms with E-state index in [1.54, 1.807) is 6.20 Å². The third kappa shape index (κ3) is 1.97. The van der Waals surface area contributed by atoms with Gasteiger partial charge in [0.15, 0.2) is 5.65 Å². The smallest absolute Gasteiger partial charge is 0.180 e. The lowest BCUT2D eigenvalue weighted by Crippen LogP contribution is -2.13. The molecule has 1 atom stereocenters. The number of nitrogens with two attached hydrogens (primary N) is 1. The fourth-order valence-electron chi connectivity index (χ4n) is 1.69. The molecule has 0 amide bonds. The van der Waals surface area contributed by atoms with Crippen LogP contribution in [0.25, 0.3) is 11.2 Å². The normalized spacial score (nSPS) is 13.2. The molecule has 1 unspecified atom stereocenters. The van der Waals surface area contributed by atoms with Crippen molar-refractivity contribution in [3.05, 3.63) is 18.3 Å². The number of nitrogens with one attached hydrogen (secondary N) is 1. The Morgan fingerprint density at radius 1 is 1.53 bits per heavy atom. The molecule has 0 radical (unpaired) electrons. The molecule has 0 aliphatic rings. The summed E-state index contributed by atoms with van der Waals surface area (Å²) in [6.45, 7) is 2.76. The number of imidazole rings is 1. The third-order valence-electron chi connectivity index (χ3n) is 2.49. The highest BCUT2D eigenvalue weighted by atomic mass is 15.0. The van der Waals surface area contributed by atoms with Gasteiger partial charge in [0.05, 0.1) is 6.20 Å². The summed E-state index contributed by atoms with van der Waals surface area (Å²) >= 11 is 0. The van der Waals surface area contributed by atoms with Gasteiger partial charge in [-0.15, -0.1) is 0 Å². The SMILES string of the molecule is CCCC(CN)c1nc2ncncc2[nH]1. The van der Waals surface area contributed by atoms with Crippen LogP contribution in [-0.2, 0) is 0 Å². The number of aromatic nitrogens is 4. The number of aromatic amines is 1. The Bertz CT molecular complexity index is 403.